The molecule has 2 aromatic rings. The second-order valence-electron chi connectivity index (χ2n) is 3.51. The fourth-order valence-electron chi connectivity index (χ4n) is 1.43. The number of imidazole rings is 1. The summed E-state index contributed by atoms with van der Waals surface area (Å²) in [5, 5.41) is 15.7. The predicted molar refractivity (Wildman–Crippen MR) is 65.0 cm³/mol. The van der Waals surface area contributed by atoms with Gasteiger partial charge in [-0.3, -0.25) is 10.1 Å². The Morgan fingerprint density at radius 2 is 2.47 bits per heavy atom. The van der Waals surface area contributed by atoms with Gasteiger partial charge >= 0.3 is 5.00 Å². The molecule has 0 saturated carbocycles. The molecule has 2 rings (SSSR count). The zero-order valence-corrected chi connectivity index (χ0v) is 9.87. The molecule has 0 aliphatic rings. The first-order valence-corrected chi connectivity index (χ1v) is 6.04. The van der Waals surface area contributed by atoms with Crippen LogP contribution in [0.3, 0.4) is 0 Å². The van der Waals surface area contributed by atoms with Crippen LogP contribution in [0.2, 0.25) is 0 Å². The van der Waals surface area contributed by atoms with E-state index >= 15 is 0 Å². The molecule has 90 valence electrons. The van der Waals surface area contributed by atoms with Gasteiger partial charge in [0.25, 0.3) is 0 Å². The highest BCUT2D eigenvalue weighted by molar-refractivity contribution is 7.13. The number of nitrogens with zero attached hydrogens (tertiary/aromatic N) is 2. The van der Waals surface area contributed by atoms with Crippen LogP contribution in [0.25, 0.3) is 0 Å². The van der Waals surface area contributed by atoms with Crippen molar-refractivity contribution in [1.29, 1.82) is 0 Å². The number of hydrogen-bond acceptors (Lipinski definition) is 5. The lowest BCUT2D eigenvalue weighted by Gasteiger charge is -2.00. The minimum atomic E-state index is -0.364. The molecule has 2 heterocycles. The van der Waals surface area contributed by atoms with E-state index in [4.69, 9.17) is 0 Å². The molecule has 0 atom stereocenters. The van der Waals surface area contributed by atoms with Gasteiger partial charge in [0.2, 0.25) is 0 Å². The maximum absolute atomic E-state index is 10.5. The Balaban J connectivity index is 1.72. The molecule has 0 spiro atoms. The van der Waals surface area contributed by atoms with Gasteiger partial charge < -0.3 is 10.3 Å². The van der Waals surface area contributed by atoms with Crippen molar-refractivity contribution in [3.8, 4) is 0 Å². The van der Waals surface area contributed by atoms with Crippen LogP contribution in [-0.2, 0) is 13.0 Å². The Kier molecular flexibility index (Phi) is 3.84. The average Bonchev–Trinajstić information content (AvgIpc) is 2.96. The van der Waals surface area contributed by atoms with E-state index in [0.29, 0.717) is 6.54 Å². The van der Waals surface area contributed by atoms with Crippen molar-refractivity contribution in [2.75, 3.05) is 6.54 Å². The highest BCUT2D eigenvalue weighted by atomic mass is 32.1. The van der Waals surface area contributed by atoms with E-state index in [9.17, 15) is 10.1 Å². The Hall–Kier alpha value is -1.73. The van der Waals surface area contributed by atoms with Gasteiger partial charge in [0.1, 0.15) is 5.82 Å². The molecule has 0 unspecified atom stereocenters. The maximum atomic E-state index is 10.5. The van der Waals surface area contributed by atoms with Gasteiger partial charge in [-0.25, -0.2) is 4.98 Å². The van der Waals surface area contributed by atoms with Crippen LogP contribution in [0, 0.1) is 10.1 Å². The van der Waals surface area contributed by atoms with Crippen LogP contribution < -0.4 is 5.32 Å². The lowest BCUT2D eigenvalue weighted by molar-refractivity contribution is -0.380. The second kappa shape index (κ2) is 5.55. The molecule has 2 aromatic heterocycles. The molecule has 0 aliphatic carbocycles. The van der Waals surface area contributed by atoms with Crippen molar-refractivity contribution in [3.63, 3.8) is 0 Å². The summed E-state index contributed by atoms with van der Waals surface area (Å²) < 4.78 is 0. The average molecular weight is 252 g/mol. The van der Waals surface area contributed by atoms with Gasteiger partial charge in [0, 0.05) is 43.4 Å². The summed E-state index contributed by atoms with van der Waals surface area (Å²) in [6.45, 7) is 1.43. The molecule has 0 bridgehead atoms. The largest absolute Gasteiger partial charge is 0.349 e. The first-order chi connectivity index (χ1) is 8.25. The van der Waals surface area contributed by atoms with E-state index in [1.807, 2.05) is 0 Å². The summed E-state index contributed by atoms with van der Waals surface area (Å²) in [4.78, 5) is 17.2. The molecule has 0 aliphatic heterocycles. The summed E-state index contributed by atoms with van der Waals surface area (Å²) in [5.74, 6) is 0.939. The number of hydrogen-bond donors (Lipinski definition) is 2. The highest BCUT2D eigenvalue weighted by Crippen LogP contribution is 2.22. The van der Waals surface area contributed by atoms with E-state index in [2.05, 4.69) is 15.3 Å². The van der Waals surface area contributed by atoms with Crippen LogP contribution in [0.15, 0.2) is 23.8 Å². The predicted octanol–water partition coefficient (Wildman–Crippen LogP) is 1.71. The third-order valence-corrected chi connectivity index (χ3v) is 3.17. The number of nitrogens with one attached hydrogen (secondary N) is 2. The molecule has 0 saturated heterocycles. The molecule has 0 aromatic carbocycles. The van der Waals surface area contributed by atoms with Crippen LogP contribution in [0.4, 0.5) is 5.00 Å². The van der Waals surface area contributed by atoms with Gasteiger partial charge in [0.15, 0.2) is 0 Å². The van der Waals surface area contributed by atoms with Crippen molar-refractivity contribution >= 4 is 16.3 Å². The lowest BCUT2D eigenvalue weighted by atomic mass is 10.3. The molecular formula is C10H12N4O2S. The fourth-order valence-corrected chi connectivity index (χ4v) is 2.15. The number of H-pyrrole nitrogens is 1. The van der Waals surface area contributed by atoms with Crippen LogP contribution >= 0.6 is 11.3 Å². The Bertz CT molecular complexity index is 480. The molecule has 17 heavy (non-hydrogen) atoms. The normalized spacial score (nSPS) is 10.6. The van der Waals surface area contributed by atoms with E-state index in [1.54, 1.807) is 23.8 Å². The summed E-state index contributed by atoms with van der Waals surface area (Å²) in [6.07, 6.45) is 4.33. The highest BCUT2D eigenvalue weighted by Gasteiger charge is 2.08. The summed E-state index contributed by atoms with van der Waals surface area (Å²) in [6, 6.07) is 1.60. The third kappa shape index (κ3) is 3.36. The van der Waals surface area contributed by atoms with E-state index in [-0.39, 0.29) is 9.92 Å². The first-order valence-electron chi connectivity index (χ1n) is 5.16. The van der Waals surface area contributed by atoms with Gasteiger partial charge in [0.05, 0.1) is 4.92 Å². The number of thiophene rings is 1. The lowest BCUT2D eigenvalue weighted by Crippen LogP contribution is -2.16. The molecule has 0 amide bonds. The fraction of sp³-hybridized carbons (Fsp3) is 0.300. The topological polar surface area (TPSA) is 83.8 Å². The SMILES string of the molecule is O=[N+]([O-])c1cc(CNCCc2ncc[nH]2)cs1. The van der Waals surface area contributed by atoms with Gasteiger partial charge in [-0.15, -0.1) is 0 Å². The van der Waals surface area contributed by atoms with Crippen molar-refractivity contribution < 1.29 is 4.92 Å². The summed E-state index contributed by atoms with van der Waals surface area (Å²) in [5.41, 5.74) is 0.946. The summed E-state index contributed by atoms with van der Waals surface area (Å²) in [7, 11) is 0. The molecule has 6 nitrogen and oxygen atoms in total. The minimum absolute atomic E-state index is 0.188. The molecule has 7 heteroatoms. The van der Waals surface area contributed by atoms with Gasteiger partial charge in [-0.05, 0) is 5.56 Å². The molecule has 2 N–H and O–H groups in total. The summed E-state index contributed by atoms with van der Waals surface area (Å²) >= 11 is 1.16. The van der Waals surface area contributed by atoms with Crippen molar-refractivity contribution in [1.82, 2.24) is 15.3 Å². The molecular weight excluding hydrogens is 240 g/mol. The van der Waals surface area contributed by atoms with Crippen LogP contribution in [0.5, 0.6) is 0 Å². The zero-order valence-electron chi connectivity index (χ0n) is 9.05. The quantitative estimate of drug-likeness (QED) is 0.465. The van der Waals surface area contributed by atoms with Crippen molar-refractivity contribution in [2.24, 2.45) is 0 Å². The first kappa shape index (κ1) is 11.7. The third-order valence-electron chi connectivity index (χ3n) is 2.24. The minimum Gasteiger partial charge on any atom is -0.349 e. The molecule has 0 radical (unpaired) electrons. The van der Waals surface area contributed by atoms with E-state index < -0.39 is 0 Å². The number of aromatic nitrogens is 2. The van der Waals surface area contributed by atoms with Crippen molar-refractivity contribution in [2.45, 2.75) is 13.0 Å². The van der Waals surface area contributed by atoms with Gasteiger partial charge in [-0.1, -0.05) is 11.3 Å². The number of rotatable bonds is 6. The van der Waals surface area contributed by atoms with E-state index in [0.717, 1.165) is 35.7 Å². The Morgan fingerprint density at radius 1 is 1.59 bits per heavy atom. The Labute approximate surface area is 102 Å². The number of nitro groups is 1. The molecule has 0 fully saturated rings. The van der Waals surface area contributed by atoms with Gasteiger partial charge in [-0.2, -0.15) is 0 Å². The standard InChI is InChI=1S/C10H12N4O2S/c15-14(16)10-5-8(7-17-10)6-11-2-1-9-12-3-4-13-9/h3-5,7,11H,1-2,6H2,(H,12,13). The zero-order chi connectivity index (χ0) is 12.1. The monoisotopic (exact) mass is 252 g/mol. The maximum Gasteiger partial charge on any atom is 0.324 e. The Morgan fingerprint density at radius 3 is 3.12 bits per heavy atom. The number of aromatic amines is 1. The van der Waals surface area contributed by atoms with Crippen molar-refractivity contribution in [3.05, 3.63) is 45.3 Å². The van der Waals surface area contributed by atoms with Crippen LogP contribution in [-0.4, -0.2) is 21.4 Å². The smallest absolute Gasteiger partial charge is 0.324 e. The second-order valence-corrected chi connectivity index (χ2v) is 4.40. The van der Waals surface area contributed by atoms with Crippen LogP contribution in [0.1, 0.15) is 11.4 Å². The van der Waals surface area contributed by atoms with E-state index in [1.165, 1.54) is 0 Å².